The number of rotatable bonds is 1. The van der Waals surface area contributed by atoms with E-state index in [0.29, 0.717) is 0 Å². The van der Waals surface area contributed by atoms with E-state index in [-0.39, 0.29) is 0 Å². The first-order valence-electron chi connectivity index (χ1n) is 4.45. The van der Waals surface area contributed by atoms with Crippen LogP contribution in [0, 0.1) is 6.92 Å². The molecule has 1 aromatic heterocycles. The number of hydrogen-bond donors (Lipinski definition) is 1. The molecule has 0 atom stereocenters. The Hall–Kier alpha value is -1.28. The molecule has 1 heterocycles. The molecule has 0 spiro atoms. The van der Waals surface area contributed by atoms with E-state index in [1.807, 2.05) is 32.2 Å². The van der Waals surface area contributed by atoms with Crippen molar-refractivity contribution >= 4 is 28.2 Å². The Kier molecular flexibility index (Phi) is 2.30. The van der Waals surface area contributed by atoms with Crippen LogP contribution in [0.4, 0.5) is 5.69 Å². The highest BCUT2D eigenvalue weighted by molar-refractivity contribution is 6.36. The van der Waals surface area contributed by atoms with Gasteiger partial charge >= 0.3 is 0 Å². The zero-order valence-electron chi connectivity index (χ0n) is 8.13. The van der Waals surface area contributed by atoms with Crippen molar-refractivity contribution in [1.29, 1.82) is 0 Å². The molecule has 2 nitrogen and oxygen atoms in total. The summed E-state index contributed by atoms with van der Waals surface area (Å²) >= 11 is 6.16. The van der Waals surface area contributed by atoms with Gasteiger partial charge in [0.25, 0.3) is 0 Å². The summed E-state index contributed by atoms with van der Waals surface area (Å²) in [6.07, 6.45) is 1.76. The molecule has 0 aliphatic rings. The van der Waals surface area contributed by atoms with Gasteiger partial charge in [-0.15, -0.1) is 0 Å². The average Bonchev–Trinajstić information content (AvgIpc) is 2.23. The van der Waals surface area contributed by atoms with Crippen LogP contribution in [0.15, 0.2) is 24.4 Å². The van der Waals surface area contributed by atoms with Crippen molar-refractivity contribution in [3.05, 3.63) is 35.0 Å². The highest BCUT2D eigenvalue weighted by atomic mass is 35.5. The molecule has 0 saturated heterocycles. The first-order valence-corrected chi connectivity index (χ1v) is 4.83. The third-order valence-corrected chi connectivity index (χ3v) is 2.79. The van der Waals surface area contributed by atoms with Crippen LogP contribution in [0.2, 0.25) is 5.02 Å². The maximum absolute atomic E-state index is 6.16. The summed E-state index contributed by atoms with van der Waals surface area (Å²) in [5.74, 6) is 0. The molecule has 2 aromatic rings. The van der Waals surface area contributed by atoms with Gasteiger partial charge in [-0.3, -0.25) is 4.98 Å². The van der Waals surface area contributed by atoms with Crippen LogP contribution in [0.1, 0.15) is 5.56 Å². The Balaban J connectivity index is 2.86. The minimum atomic E-state index is 0.736. The molecule has 0 unspecified atom stereocenters. The monoisotopic (exact) mass is 206 g/mol. The van der Waals surface area contributed by atoms with Crippen molar-refractivity contribution in [3.63, 3.8) is 0 Å². The summed E-state index contributed by atoms with van der Waals surface area (Å²) in [5, 5.41) is 4.91. The molecule has 0 aliphatic heterocycles. The molecular formula is C11H11ClN2. The first kappa shape index (κ1) is 9.28. The minimum absolute atomic E-state index is 0.736. The number of nitrogens with one attached hydrogen (secondary N) is 1. The van der Waals surface area contributed by atoms with E-state index in [2.05, 4.69) is 10.3 Å². The summed E-state index contributed by atoms with van der Waals surface area (Å²) in [6.45, 7) is 1.98. The molecular weight excluding hydrogens is 196 g/mol. The lowest BCUT2D eigenvalue weighted by Crippen LogP contribution is -1.91. The van der Waals surface area contributed by atoms with Crippen LogP contribution in [0.3, 0.4) is 0 Å². The SMILES string of the molecule is CNc1ccnc2c(Cl)c(C)ccc12. The molecule has 72 valence electrons. The van der Waals surface area contributed by atoms with E-state index in [0.717, 1.165) is 27.2 Å². The van der Waals surface area contributed by atoms with Crippen LogP contribution < -0.4 is 5.32 Å². The molecule has 0 radical (unpaired) electrons. The summed E-state index contributed by atoms with van der Waals surface area (Å²) < 4.78 is 0. The Morgan fingerprint density at radius 3 is 2.79 bits per heavy atom. The molecule has 2 rings (SSSR count). The lowest BCUT2D eigenvalue weighted by atomic mass is 10.1. The van der Waals surface area contributed by atoms with Gasteiger partial charge in [0.05, 0.1) is 10.5 Å². The van der Waals surface area contributed by atoms with Crippen molar-refractivity contribution in [3.8, 4) is 0 Å². The predicted molar refractivity (Wildman–Crippen MR) is 61.0 cm³/mol. The summed E-state index contributed by atoms with van der Waals surface area (Å²) in [7, 11) is 1.89. The Morgan fingerprint density at radius 1 is 1.29 bits per heavy atom. The fourth-order valence-corrected chi connectivity index (χ4v) is 1.72. The Labute approximate surface area is 87.9 Å². The number of pyridine rings is 1. The molecule has 0 fully saturated rings. The van der Waals surface area contributed by atoms with E-state index in [1.165, 1.54) is 0 Å². The summed E-state index contributed by atoms with van der Waals surface area (Å²) in [4.78, 5) is 4.28. The second-order valence-corrected chi connectivity index (χ2v) is 3.58. The van der Waals surface area contributed by atoms with Crippen LogP contribution in [-0.4, -0.2) is 12.0 Å². The average molecular weight is 207 g/mol. The third kappa shape index (κ3) is 1.32. The van der Waals surface area contributed by atoms with Gasteiger partial charge in [-0.1, -0.05) is 23.7 Å². The fraction of sp³-hybridized carbons (Fsp3) is 0.182. The maximum atomic E-state index is 6.16. The van der Waals surface area contributed by atoms with E-state index < -0.39 is 0 Å². The predicted octanol–water partition coefficient (Wildman–Crippen LogP) is 3.24. The van der Waals surface area contributed by atoms with Gasteiger partial charge in [-0.2, -0.15) is 0 Å². The zero-order chi connectivity index (χ0) is 10.1. The molecule has 1 aromatic carbocycles. The number of nitrogens with zero attached hydrogens (tertiary/aromatic N) is 1. The Morgan fingerprint density at radius 2 is 2.07 bits per heavy atom. The number of aromatic nitrogens is 1. The summed E-state index contributed by atoms with van der Waals surface area (Å²) in [6, 6.07) is 5.98. The van der Waals surface area contributed by atoms with Gasteiger partial charge in [0.1, 0.15) is 0 Å². The largest absolute Gasteiger partial charge is 0.388 e. The zero-order valence-corrected chi connectivity index (χ0v) is 8.89. The minimum Gasteiger partial charge on any atom is -0.388 e. The lowest BCUT2D eigenvalue weighted by Gasteiger charge is -2.07. The highest BCUT2D eigenvalue weighted by Crippen LogP contribution is 2.29. The van der Waals surface area contributed by atoms with Gasteiger partial charge < -0.3 is 5.32 Å². The number of halogens is 1. The molecule has 0 saturated carbocycles. The van der Waals surface area contributed by atoms with Crippen LogP contribution in [0.5, 0.6) is 0 Å². The highest BCUT2D eigenvalue weighted by Gasteiger charge is 2.05. The van der Waals surface area contributed by atoms with Crippen molar-refractivity contribution in [1.82, 2.24) is 4.98 Å². The normalized spacial score (nSPS) is 10.5. The topological polar surface area (TPSA) is 24.9 Å². The molecule has 1 N–H and O–H groups in total. The third-order valence-electron chi connectivity index (χ3n) is 2.31. The maximum Gasteiger partial charge on any atom is 0.0911 e. The van der Waals surface area contributed by atoms with Crippen molar-refractivity contribution in [2.24, 2.45) is 0 Å². The lowest BCUT2D eigenvalue weighted by molar-refractivity contribution is 1.37. The standard InChI is InChI=1S/C11H11ClN2/c1-7-3-4-8-9(13-2)5-6-14-11(8)10(7)12/h3-6H,1-2H3,(H,13,14). The van der Waals surface area contributed by atoms with E-state index in [4.69, 9.17) is 11.6 Å². The second kappa shape index (κ2) is 3.46. The van der Waals surface area contributed by atoms with Gasteiger partial charge in [-0.05, 0) is 18.6 Å². The summed E-state index contributed by atoms with van der Waals surface area (Å²) in [5.41, 5.74) is 2.97. The van der Waals surface area contributed by atoms with Crippen LogP contribution in [-0.2, 0) is 0 Å². The number of benzene rings is 1. The van der Waals surface area contributed by atoms with Gasteiger partial charge in [-0.25, -0.2) is 0 Å². The molecule has 0 aliphatic carbocycles. The van der Waals surface area contributed by atoms with Gasteiger partial charge in [0.15, 0.2) is 0 Å². The Bertz CT molecular complexity index is 480. The molecule has 3 heteroatoms. The fourth-order valence-electron chi connectivity index (χ4n) is 1.50. The van der Waals surface area contributed by atoms with Crippen molar-refractivity contribution < 1.29 is 0 Å². The van der Waals surface area contributed by atoms with Crippen LogP contribution >= 0.6 is 11.6 Å². The number of aryl methyl sites for hydroxylation is 1. The molecule has 14 heavy (non-hydrogen) atoms. The molecule has 0 amide bonds. The number of hydrogen-bond acceptors (Lipinski definition) is 2. The van der Waals surface area contributed by atoms with Crippen molar-refractivity contribution in [2.75, 3.05) is 12.4 Å². The molecule has 0 bridgehead atoms. The van der Waals surface area contributed by atoms with E-state index in [1.54, 1.807) is 6.20 Å². The van der Waals surface area contributed by atoms with E-state index >= 15 is 0 Å². The number of anilines is 1. The van der Waals surface area contributed by atoms with Gasteiger partial charge in [0, 0.05) is 24.3 Å². The number of fused-ring (bicyclic) bond motifs is 1. The van der Waals surface area contributed by atoms with Crippen molar-refractivity contribution in [2.45, 2.75) is 6.92 Å². The smallest absolute Gasteiger partial charge is 0.0911 e. The second-order valence-electron chi connectivity index (χ2n) is 3.20. The van der Waals surface area contributed by atoms with Gasteiger partial charge in [0.2, 0.25) is 0 Å². The van der Waals surface area contributed by atoms with E-state index in [9.17, 15) is 0 Å². The first-order chi connectivity index (χ1) is 6.74. The van der Waals surface area contributed by atoms with Crippen LogP contribution in [0.25, 0.3) is 10.9 Å². The quantitative estimate of drug-likeness (QED) is 0.775.